The molecule has 122 valence electrons. The Kier molecular flexibility index (Phi) is 6.30. The number of rotatable bonds is 7. The predicted molar refractivity (Wildman–Crippen MR) is 82.1 cm³/mol. The minimum Gasteiger partial charge on any atom is -0.450 e. The number of hydrogen-bond acceptors (Lipinski definition) is 4. The van der Waals surface area contributed by atoms with Crippen molar-refractivity contribution in [1.29, 1.82) is 0 Å². The first kappa shape index (κ1) is 16.6. The summed E-state index contributed by atoms with van der Waals surface area (Å²) in [5, 5.41) is 12.1. The van der Waals surface area contributed by atoms with Crippen LogP contribution in [0.2, 0.25) is 0 Å². The monoisotopic (exact) mass is 298 g/mol. The van der Waals surface area contributed by atoms with Crippen molar-refractivity contribution in [3.05, 3.63) is 0 Å². The molecule has 1 saturated carbocycles. The van der Waals surface area contributed by atoms with E-state index in [0.717, 1.165) is 38.3 Å². The average Bonchev–Trinajstić information content (AvgIpc) is 3.29. The predicted octanol–water partition coefficient (Wildman–Crippen LogP) is 1.99. The van der Waals surface area contributed by atoms with Gasteiger partial charge in [0.05, 0.1) is 6.61 Å². The molecule has 5 nitrogen and oxygen atoms in total. The van der Waals surface area contributed by atoms with E-state index in [2.05, 4.69) is 17.1 Å². The number of nitrogens with one attached hydrogen (secondary N) is 1. The highest BCUT2D eigenvalue weighted by Crippen LogP contribution is 2.37. The maximum atomic E-state index is 11.7. The van der Waals surface area contributed by atoms with E-state index in [0.29, 0.717) is 18.6 Å². The molecule has 2 N–H and O–H groups in total. The van der Waals surface area contributed by atoms with Gasteiger partial charge in [0.25, 0.3) is 0 Å². The van der Waals surface area contributed by atoms with Gasteiger partial charge >= 0.3 is 6.09 Å². The number of carbonyl (C=O) groups is 1. The summed E-state index contributed by atoms with van der Waals surface area (Å²) in [5.74, 6) is 1.39. The third-order valence-corrected chi connectivity index (χ3v) is 4.81. The second-order valence-electron chi connectivity index (χ2n) is 6.56. The highest BCUT2D eigenvalue weighted by molar-refractivity contribution is 5.67. The number of likely N-dealkylation sites (tertiary alicyclic amines) is 1. The van der Waals surface area contributed by atoms with Crippen LogP contribution in [0.15, 0.2) is 0 Å². The first-order valence-electron chi connectivity index (χ1n) is 8.42. The summed E-state index contributed by atoms with van der Waals surface area (Å²) >= 11 is 0. The quantitative estimate of drug-likeness (QED) is 0.754. The number of amides is 1. The van der Waals surface area contributed by atoms with Gasteiger partial charge in [-0.2, -0.15) is 0 Å². The molecule has 2 aliphatic rings. The third kappa shape index (κ3) is 5.15. The van der Waals surface area contributed by atoms with Gasteiger partial charge in [-0.25, -0.2) is 4.79 Å². The Morgan fingerprint density at radius 3 is 2.81 bits per heavy atom. The summed E-state index contributed by atoms with van der Waals surface area (Å²) in [6, 6.07) is 0.774. The zero-order chi connectivity index (χ0) is 15.2. The second kappa shape index (κ2) is 7.99. The highest BCUT2D eigenvalue weighted by Gasteiger charge is 2.37. The Bertz CT molecular complexity index is 333. The van der Waals surface area contributed by atoms with Crippen LogP contribution < -0.4 is 5.32 Å². The van der Waals surface area contributed by atoms with E-state index in [9.17, 15) is 4.79 Å². The minimum absolute atomic E-state index is 0.169. The molecule has 2 fully saturated rings. The summed E-state index contributed by atoms with van der Waals surface area (Å²) in [5.41, 5.74) is 0. The molecular weight excluding hydrogens is 268 g/mol. The molecule has 3 unspecified atom stereocenters. The number of aliphatic hydroxyl groups excluding tert-OH is 1. The van der Waals surface area contributed by atoms with Gasteiger partial charge in [0.15, 0.2) is 0 Å². The molecule has 0 aromatic carbocycles. The molecule has 0 aromatic rings. The molecule has 1 amide bonds. The largest absolute Gasteiger partial charge is 0.450 e. The van der Waals surface area contributed by atoms with Gasteiger partial charge in [-0.3, -0.25) is 4.90 Å². The van der Waals surface area contributed by atoms with Crippen LogP contribution in [0.4, 0.5) is 4.79 Å². The van der Waals surface area contributed by atoms with E-state index in [-0.39, 0.29) is 18.7 Å². The molecule has 0 aromatic heterocycles. The van der Waals surface area contributed by atoms with Crippen LogP contribution in [0.3, 0.4) is 0 Å². The fourth-order valence-corrected chi connectivity index (χ4v) is 3.48. The number of alkyl carbamates (subject to hydrolysis) is 1. The van der Waals surface area contributed by atoms with Crippen molar-refractivity contribution in [2.75, 3.05) is 26.3 Å². The zero-order valence-corrected chi connectivity index (χ0v) is 13.4. The molecule has 1 aliphatic carbocycles. The van der Waals surface area contributed by atoms with E-state index in [4.69, 9.17) is 9.84 Å². The van der Waals surface area contributed by atoms with Crippen LogP contribution >= 0.6 is 0 Å². The van der Waals surface area contributed by atoms with Crippen molar-refractivity contribution < 1.29 is 14.6 Å². The first-order chi connectivity index (χ1) is 10.1. The van der Waals surface area contributed by atoms with Crippen molar-refractivity contribution in [2.45, 2.75) is 58.0 Å². The van der Waals surface area contributed by atoms with Gasteiger partial charge in [-0.15, -0.1) is 0 Å². The smallest absolute Gasteiger partial charge is 0.407 e. The first-order valence-corrected chi connectivity index (χ1v) is 8.42. The number of nitrogens with zero attached hydrogens (tertiary/aromatic N) is 1. The lowest BCUT2D eigenvalue weighted by Crippen LogP contribution is -2.53. The molecule has 1 aliphatic heterocycles. The summed E-state index contributed by atoms with van der Waals surface area (Å²) in [6.07, 6.45) is 5.26. The molecule has 21 heavy (non-hydrogen) atoms. The van der Waals surface area contributed by atoms with Crippen LogP contribution in [0, 0.1) is 11.8 Å². The van der Waals surface area contributed by atoms with Gasteiger partial charge in [0.2, 0.25) is 0 Å². The van der Waals surface area contributed by atoms with Gasteiger partial charge < -0.3 is 15.2 Å². The fourth-order valence-electron chi connectivity index (χ4n) is 3.48. The van der Waals surface area contributed by atoms with Crippen molar-refractivity contribution >= 4 is 6.09 Å². The molecule has 3 atom stereocenters. The topological polar surface area (TPSA) is 61.8 Å². The Morgan fingerprint density at radius 2 is 2.19 bits per heavy atom. The third-order valence-electron chi connectivity index (χ3n) is 4.81. The van der Waals surface area contributed by atoms with Crippen LogP contribution in [-0.2, 0) is 4.74 Å². The van der Waals surface area contributed by atoms with E-state index < -0.39 is 0 Å². The van der Waals surface area contributed by atoms with Crippen LogP contribution in [0.5, 0.6) is 0 Å². The molecule has 0 bridgehead atoms. The Labute approximate surface area is 128 Å². The van der Waals surface area contributed by atoms with Crippen LogP contribution in [0.25, 0.3) is 0 Å². The number of aliphatic hydroxyl groups is 1. The van der Waals surface area contributed by atoms with Gasteiger partial charge in [-0.05, 0) is 57.8 Å². The molecule has 0 radical (unpaired) electrons. The molecule has 1 saturated heterocycles. The van der Waals surface area contributed by atoms with Crippen LogP contribution in [0.1, 0.15) is 46.0 Å². The second-order valence-corrected chi connectivity index (χ2v) is 6.56. The molecule has 1 heterocycles. The maximum Gasteiger partial charge on any atom is 0.407 e. The van der Waals surface area contributed by atoms with E-state index >= 15 is 0 Å². The number of ether oxygens (including phenoxy) is 1. The summed E-state index contributed by atoms with van der Waals surface area (Å²) < 4.78 is 5.01. The minimum atomic E-state index is -0.302. The lowest BCUT2D eigenvalue weighted by atomic mass is 9.89. The summed E-state index contributed by atoms with van der Waals surface area (Å²) in [4.78, 5) is 14.2. The van der Waals surface area contributed by atoms with E-state index in [1.807, 2.05) is 6.92 Å². The lowest BCUT2D eigenvalue weighted by Gasteiger charge is -2.41. The average molecular weight is 298 g/mol. The highest BCUT2D eigenvalue weighted by atomic mass is 16.5. The Morgan fingerprint density at radius 1 is 1.43 bits per heavy atom. The molecule has 5 heteroatoms. The standard InChI is InChI=1S/C16H30N2O3/c1-3-21-16(20)17-15-9-13(5-4-8-19)10-18(11-15)12(2)14-6-7-14/h12-15,19H,3-11H2,1-2H3,(H,17,20). The van der Waals surface area contributed by atoms with Crippen molar-refractivity contribution in [1.82, 2.24) is 10.2 Å². The Hall–Kier alpha value is -0.810. The molecular formula is C16H30N2O3. The fraction of sp³-hybridized carbons (Fsp3) is 0.938. The normalized spacial score (nSPS) is 28.1. The van der Waals surface area contributed by atoms with Crippen molar-refractivity contribution in [3.8, 4) is 0 Å². The van der Waals surface area contributed by atoms with Gasteiger partial charge in [-0.1, -0.05) is 0 Å². The summed E-state index contributed by atoms with van der Waals surface area (Å²) in [6.45, 7) is 6.82. The zero-order valence-electron chi connectivity index (χ0n) is 13.4. The van der Waals surface area contributed by atoms with Crippen molar-refractivity contribution in [2.24, 2.45) is 11.8 Å². The van der Waals surface area contributed by atoms with Gasteiger partial charge in [0, 0.05) is 31.8 Å². The number of carbonyl (C=O) groups excluding carboxylic acids is 1. The van der Waals surface area contributed by atoms with E-state index in [1.165, 1.54) is 12.8 Å². The lowest BCUT2D eigenvalue weighted by molar-refractivity contribution is 0.0812. The van der Waals surface area contributed by atoms with Gasteiger partial charge in [0.1, 0.15) is 0 Å². The molecule has 2 rings (SSSR count). The maximum absolute atomic E-state index is 11.7. The van der Waals surface area contributed by atoms with Crippen LogP contribution in [-0.4, -0.2) is 54.5 Å². The summed E-state index contributed by atoms with van der Waals surface area (Å²) in [7, 11) is 0. The molecule has 0 spiro atoms. The van der Waals surface area contributed by atoms with E-state index in [1.54, 1.807) is 0 Å². The SMILES string of the molecule is CCOC(=O)NC1CC(CCCO)CN(C(C)C2CC2)C1. The number of piperidine rings is 1. The number of hydrogen-bond donors (Lipinski definition) is 2. The Balaban J connectivity index is 1.90. The van der Waals surface area contributed by atoms with Crippen molar-refractivity contribution in [3.63, 3.8) is 0 Å².